The van der Waals surface area contributed by atoms with Crippen molar-refractivity contribution in [3.05, 3.63) is 30.1 Å². The Balaban J connectivity index is 1.97. The lowest BCUT2D eigenvalue weighted by Gasteiger charge is -2.32. The summed E-state index contributed by atoms with van der Waals surface area (Å²) in [4.78, 5) is 9.13. The summed E-state index contributed by atoms with van der Waals surface area (Å²) < 4.78 is 14.1. The average molecular weight is 458 g/mol. The molecule has 1 aromatic heterocycles. The number of hydrogen-bond donors (Lipinski definition) is 4. The number of aliphatic hydroxyl groups excluding tert-OH is 2. The Hall–Kier alpha value is -2.91. The quantitative estimate of drug-likeness (QED) is 0.357. The van der Waals surface area contributed by atoms with Crippen molar-refractivity contribution in [1.29, 1.82) is 5.41 Å². The minimum Gasteiger partial charge on any atom is -0.491 e. The second-order valence-electron chi connectivity index (χ2n) is 9.19. The van der Waals surface area contributed by atoms with Gasteiger partial charge in [-0.3, -0.25) is 5.41 Å². The third kappa shape index (κ3) is 5.91. The van der Waals surface area contributed by atoms with Crippen LogP contribution in [0.4, 0.5) is 0 Å². The zero-order valence-corrected chi connectivity index (χ0v) is 20.1. The van der Waals surface area contributed by atoms with E-state index in [9.17, 15) is 10.2 Å². The third-order valence-corrected chi connectivity index (χ3v) is 5.20. The van der Waals surface area contributed by atoms with E-state index < -0.39 is 5.60 Å². The summed E-state index contributed by atoms with van der Waals surface area (Å²) in [5.41, 5.74) is 0.413. The molecule has 33 heavy (non-hydrogen) atoms. The molecule has 2 aromatic rings. The van der Waals surface area contributed by atoms with Crippen LogP contribution < -0.4 is 14.8 Å². The fourth-order valence-electron chi connectivity index (χ4n) is 3.92. The summed E-state index contributed by atoms with van der Waals surface area (Å²) in [7, 11) is 0. The zero-order chi connectivity index (χ0) is 24.2. The first-order chi connectivity index (χ1) is 15.7. The number of rotatable bonds is 8. The molecule has 1 aliphatic heterocycles. The molecule has 1 aliphatic rings. The van der Waals surface area contributed by atoms with Crippen LogP contribution in [0.2, 0.25) is 0 Å². The summed E-state index contributed by atoms with van der Waals surface area (Å²) in [6.07, 6.45) is 2.43. The number of ether oxygens (including phenoxy) is 2. The van der Waals surface area contributed by atoms with Gasteiger partial charge in [0.2, 0.25) is 0 Å². The number of amidine groups is 2. The molecule has 180 valence electrons. The maximum atomic E-state index is 9.92. The van der Waals surface area contributed by atoms with Gasteiger partial charge in [-0.2, -0.15) is 0 Å². The Kier molecular flexibility index (Phi) is 7.76. The molecule has 0 radical (unpaired) electrons. The molecule has 0 saturated heterocycles. The van der Waals surface area contributed by atoms with Crippen LogP contribution in [0.1, 0.15) is 46.7 Å². The van der Waals surface area contributed by atoms with Crippen molar-refractivity contribution in [2.45, 2.75) is 59.2 Å². The van der Waals surface area contributed by atoms with Crippen molar-refractivity contribution in [2.24, 2.45) is 10.9 Å². The van der Waals surface area contributed by atoms with E-state index in [1.165, 1.54) is 0 Å². The van der Waals surface area contributed by atoms with Gasteiger partial charge in [0.15, 0.2) is 11.4 Å². The van der Waals surface area contributed by atoms with Crippen molar-refractivity contribution in [2.75, 3.05) is 19.8 Å². The SMILES string of the molecule is CC(=N)/N=C(\NC(C)C)c1cn2c(n1)-c1ccc(OC(CO)(CO)CC(C)C)cc1OCC2. The Labute approximate surface area is 195 Å². The van der Waals surface area contributed by atoms with Crippen LogP contribution >= 0.6 is 0 Å². The standard InChI is InChI=1S/C24H35N5O4/c1-15(2)11-24(13-30,14-31)33-18-6-7-19-21(10-18)32-9-8-29-12-20(28-23(19)29)22(26-16(3)4)27-17(5)25/h6-7,10,12,15-16,30-31H,8-9,11,13-14H2,1-5H3,(H2,25,26,27). The van der Waals surface area contributed by atoms with Gasteiger partial charge in [-0.05, 0) is 45.2 Å². The van der Waals surface area contributed by atoms with E-state index in [4.69, 9.17) is 19.9 Å². The highest BCUT2D eigenvalue weighted by Gasteiger charge is 2.33. The van der Waals surface area contributed by atoms with Gasteiger partial charge in [0.25, 0.3) is 0 Å². The molecular weight excluding hydrogens is 422 g/mol. The molecule has 2 heterocycles. The number of aliphatic hydroxyl groups is 2. The fourth-order valence-corrected chi connectivity index (χ4v) is 3.92. The molecule has 1 aromatic carbocycles. The lowest BCUT2D eigenvalue weighted by atomic mass is 9.93. The van der Waals surface area contributed by atoms with Gasteiger partial charge in [0, 0.05) is 18.3 Å². The first-order valence-electron chi connectivity index (χ1n) is 11.3. The van der Waals surface area contributed by atoms with Crippen LogP contribution in [-0.2, 0) is 6.54 Å². The minimum atomic E-state index is -1.06. The van der Waals surface area contributed by atoms with Crippen LogP contribution in [0, 0.1) is 11.3 Å². The highest BCUT2D eigenvalue weighted by Crippen LogP contribution is 2.36. The summed E-state index contributed by atoms with van der Waals surface area (Å²) in [6, 6.07) is 5.60. The van der Waals surface area contributed by atoms with Gasteiger partial charge in [0.1, 0.15) is 35.5 Å². The maximum Gasteiger partial charge on any atom is 0.155 e. The Bertz CT molecular complexity index is 1010. The second kappa shape index (κ2) is 10.4. The molecular formula is C24H35N5O4. The second-order valence-corrected chi connectivity index (χ2v) is 9.19. The van der Waals surface area contributed by atoms with Crippen molar-refractivity contribution in [3.63, 3.8) is 0 Å². The van der Waals surface area contributed by atoms with E-state index in [0.29, 0.717) is 42.6 Å². The number of nitrogens with zero attached hydrogens (tertiary/aromatic N) is 3. The molecule has 0 unspecified atom stereocenters. The molecule has 0 fully saturated rings. The largest absolute Gasteiger partial charge is 0.491 e. The van der Waals surface area contributed by atoms with Crippen molar-refractivity contribution in [1.82, 2.24) is 14.9 Å². The average Bonchev–Trinajstić information content (AvgIpc) is 3.08. The van der Waals surface area contributed by atoms with E-state index in [1.807, 2.05) is 44.5 Å². The van der Waals surface area contributed by atoms with Gasteiger partial charge in [-0.15, -0.1) is 0 Å². The summed E-state index contributed by atoms with van der Waals surface area (Å²) in [6.45, 7) is 10.2. The van der Waals surface area contributed by atoms with E-state index in [1.54, 1.807) is 19.1 Å². The Morgan fingerprint density at radius 1 is 1.30 bits per heavy atom. The van der Waals surface area contributed by atoms with Crippen LogP contribution in [0.15, 0.2) is 29.4 Å². The normalized spacial score (nSPS) is 13.9. The topological polar surface area (TPSA) is 125 Å². The molecule has 4 N–H and O–H groups in total. The molecule has 0 spiro atoms. The smallest absolute Gasteiger partial charge is 0.155 e. The van der Waals surface area contributed by atoms with Crippen LogP contribution in [0.25, 0.3) is 11.4 Å². The maximum absolute atomic E-state index is 9.92. The van der Waals surface area contributed by atoms with Crippen molar-refractivity contribution < 1.29 is 19.7 Å². The molecule has 0 saturated carbocycles. The molecule has 0 amide bonds. The summed E-state index contributed by atoms with van der Waals surface area (Å²) in [5.74, 6) is 2.88. The van der Waals surface area contributed by atoms with E-state index in [-0.39, 0.29) is 31.0 Å². The highest BCUT2D eigenvalue weighted by molar-refractivity contribution is 6.04. The van der Waals surface area contributed by atoms with Crippen LogP contribution in [0.3, 0.4) is 0 Å². The number of aromatic nitrogens is 2. The Morgan fingerprint density at radius 2 is 2.03 bits per heavy atom. The number of aliphatic imine (C=N–C) groups is 1. The number of benzene rings is 1. The lowest BCUT2D eigenvalue weighted by Crippen LogP contribution is -2.45. The summed E-state index contributed by atoms with van der Waals surface area (Å²) >= 11 is 0. The van der Waals surface area contributed by atoms with Gasteiger partial charge in [0.05, 0.1) is 25.3 Å². The molecule has 0 aliphatic carbocycles. The first-order valence-corrected chi connectivity index (χ1v) is 11.3. The predicted molar refractivity (Wildman–Crippen MR) is 128 cm³/mol. The van der Waals surface area contributed by atoms with Crippen LogP contribution in [-0.4, -0.2) is 62.9 Å². The number of fused-ring (bicyclic) bond motifs is 3. The van der Waals surface area contributed by atoms with Gasteiger partial charge in [-0.1, -0.05) is 13.8 Å². The van der Waals surface area contributed by atoms with Gasteiger partial charge >= 0.3 is 0 Å². The minimum absolute atomic E-state index is 0.143. The molecule has 3 rings (SSSR count). The first kappa shape index (κ1) is 24.7. The van der Waals surface area contributed by atoms with E-state index >= 15 is 0 Å². The number of imidazole rings is 1. The third-order valence-electron chi connectivity index (χ3n) is 5.20. The number of hydrogen-bond acceptors (Lipinski definition) is 6. The fraction of sp³-hybridized carbons (Fsp3) is 0.542. The predicted octanol–water partition coefficient (Wildman–Crippen LogP) is 2.83. The lowest BCUT2D eigenvalue weighted by molar-refractivity contribution is -0.0473. The molecule has 9 heteroatoms. The molecule has 0 atom stereocenters. The highest BCUT2D eigenvalue weighted by atomic mass is 16.5. The van der Waals surface area contributed by atoms with E-state index in [2.05, 4.69) is 10.3 Å². The van der Waals surface area contributed by atoms with Gasteiger partial charge < -0.3 is 29.6 Å². The molecule has 0 bridgehead atoms. The molecule has 9 nitrogen and oxygen atoms in total. The van der Waals surface area contributed by atoms with Gasteiger partial charge in [-0.25, -0.2) is 9.98 Å². The Morgan fingerprint density at radius 3 is 2.64 bits per heavy atom. The van der Waals surface area contributed by atoms with Crippen molar-refractivity contribution in [3.8, 4) is 22.9 Å². The van der Waals surface area contributed by atoms with E-state index in [0.717, 1.165) is 11.4 Å². The summed E-state index contributed by atoms with van der Waals surface area (Å²) in [5, 5.41) is 30.9. The van der Waals surface area contributed by atoms with Crippen molar-refractivity contribution >= 4 is 11.7 Å². The zero-order valence-electron chi connectivity index (χ0n) is 20.1. The monoisotopic (exact) mass is 457 g/mol. The van der Waals surface area contributed by atoms with Crippen LogP contribution in [0.5, 0.6) is 11.5 Å². The number of nitrogens with one attached hydrogen (secondary N) is 2.